The largest absolute Gasteiger partial charge is 0.351 e. The fourth-order valence-corrected chi connectivity index (χ4v) is 2.65. The van der Waals surface area contributed by atoms with E-state index in [4.69, 9.17) is 0 Å². The van der Waals surface area contributed by atoms with Crippen molar-refractivity contribution >= 4 is 32.7 Å². The Morgan fingerprint density at radius 1 is 1.39 bits per heavy atom. The zero-order valence-electron chi connectivity index (χ0n) is 9.79. The molecule has 1 saturated heterocycles. The summed E-state index contributed by atoms with van der Waals surface area (Å²) in [5.41, 5.74) is 1.60. The summed E-state index contributed by atoms with van der Waals surface area (Å²) >= 11 is 3.43. The van der Waals surface area contributed by atoms with Crippen molar-refractivity contribution in [1.82, 2.24) is 15.6 Å². The molecule has 0 radical (unpaired) electrons. The average Bonchev–Trinajstić information content (AvgIpc) is 2.96. The van der Waals surface area contributed by atoms with Gasteiger partial charge in [-0.1, -0.05) is 15.9 Å². The molecular weight excluding hydrogens is 294 g/mol. The quantitative estimate of drug-likeness (QED) is 0.795. The molecule has 1 unspecified atom stereocenters. The highest BCUT2D eigenvalue weighted by atomic mass is 79.9. The van der Waals surface area contributed by atoms with Gasteiger partial charge in [0.15, 0.2) is 0 Å². The standard InChI is InChI=1S/C13H14BrN3O/c14-9-1-2-11-8(5-9)6-12(17-11)13(18)16-10-3-4-15-7-10/h1-2,5-6,10,15,17H,3-4,7H2,(H,16,18). The third-order valence-corrected chi connectivity index (χ3v) is 3.72. The first-order valence-electron chi connectivity index (χ1n) is 6.02. The van der Waals surface area contributed by atoms with Gasteiger partial charge >= 0.3 is 0 Å². The number of aromatic amines is 1. The lowest BCUT2D eigenvalue weighted by molar-refractivity contribution is 0.0936. The number of fused-ring (bicyclic) bond motifs is 1. The first-order valence-corrected chi connectivity index (χ1v) is 6.81. The SMILES string of the molecule is O=C(NC1CCNC1)c1cc2cc(Br)ccc2[nH]1. The average molecular weight is 308 g/mol. The topological polar surface area (TPSA) is 56.9 Å². The van der Waals surface area contributed by atoms with Gasteiger partial charge in [0.2, 0.25) is 0 Å². The second-order valence-corrected chi connectivity index (χ2v) is 5.49. The predicted octanol–water partition coefficient (Wildman–Crippen LogP) is 2.02. The van der Waals surface area contributed by atoms with Crippen LogP contribution in [0.25, 0.3) is 10.9 Å². The monoisotopic (exact) mass is 307 g/mol. The summed E-state index contributed by atoms with van der Waals surface area (Å²) in [6.07, 6.45) is 0.998. The molecule has 2 heterocycles. The van der Waals surface area contributed by atoms with E-state index in [1.54, 1.807) is 0 Å². The van der Waals surface area contributed by atoms with Gasteiger partial charge in [-0.3, -0.25) is 4.79 Å². The Morgan fingerprint density at radius 2 is 2.28 bits per heavy atom. The molecule has 3 N–H and O–H groups in total. The van der Waals surface area contributed by atoms with Crippen LogP contribution in [-0.4, -0.2) is 30.0 Å². The summed E-state index contributed by atoms with van der Waals surface area (Å²) in [6.45, 7) is 1.84. The van der Waals surface area contributed by atoms with Crippen molar-refractivity contribution in [2.24, 2.45) is 0 Å². The van der Waals surface area contributed by atoms with Gasteiger partial charge in [0.25, 0.3) is 5.91 Å². The van der Waals surface area contributed by atoms with Crippen LogP contribution < -0.4 is 10.6 Å². The van der Waals surface area contributed by atoms with Gasteiger partial charge in [0.05, 0.1) is 0 Å². The van der Waals surface area contributed by atoms with Crippen molar-refractivity contribution in [2.75, 3.05) is 13.1 Å². The molecule has 1 amide bonds. The first-order chi connectivity index (χ1) is 8.72. The van der Waals surface area contributed by atoms with Crippen molar-refractivity contribution in [2.45, 2.75) is 12.5 Å². The minimum absolute atomic E-state index is 0.0315. The number of amides is 1. The van der Waals surface area contributed by atoms with E-state index in [1.807, 2.05) is 24.3 Å². The lowest BCUT2D eigenvalue weighted by Crippen LogP contribution is -2.36. The van der Waals surface area contributed by atoms with Crippen molar-refractivity contribution in [3.63, 3.8) is 0 Å². The van der Waals surface area contributed by atoms with Crippen LogP contribution in [0.2, 0.25) is 0 Å². The van der Waals surface area contributed by atoms with Gasteiger partial charge in [0.1, 0.15) is 5.69 Å². The molecule has 1 aromatic heterocycles. The molecule has 5 heteroatoms. The number of benzene rings is 1. The maximum atomic E-state index is 12.1. The highest BCUT2D eigenvalue weighted by Crippen LogP contribution is 2.20. The van der Waals surface area contributed by atoms with Crippen molar-refractivity contribution in [3.8, 4) is 0 Å². The summed E-state index contributed by atoms with van der Waals surface area (Å²) < 4.78 is 1.01. The van der Waals surface area contributed by atoms with E-state index in [0.29, 0.717) is 5.69 Å². The van der Waals surface area contributed by atoms with Gasteiger partial charge < -0.3 is 15.6 Å². The molecule has 3 rings (SSSR count). The number of halogens is 1. The first kappa shape index (κ1) is 11.7. The molecule has 1 aliphatic rings. The Labute approximate surface area is 113 Å². The zero-order chi connectivity index (χ0) is 12.5. The Kier molecular flexibility index (Phi) is 3.09. The molecule has 1 atom stereocenters. The third-order valence-electron chi connectivity index (χ3n) is 3.22. The van der Waals surface area contributed by atoms with E-state index in [2.05, 4.69) is 31.5 Å². The Bertz CT molecular complexity index is 587. The van der Waals surface area contributed by atoms with Crippen LogP contribution in [0.1, 0.15) is 16.9 Å². The molecule has 1 fully saturated rings. The molecule has 2 aromatic rings. The summed E-state index contributed by atoms with van der Waals surface area (Å²) in [7, 11) is 0. The van der Waals surface area contributed by atoms with Crippen LogP contribution in [0, 0.1) is 0 Å². The normalized spacial score (nSPS) is 19.3. The van der Waals surface area contributed by atoms with E-state index in [-0.39, 0.29) is 11.9 Å². The molecule has 0 saturated carbocycles. The minimum Gasteiger partial charge on any atom is -0.351 e. The number of carbonyl (C=O) groups is 1. The number of hydrogen-bond acceptors (Lipinski definition) is 2. The summed E-state index contributed by atoms with van der Waals surface area (Å²) in [4.78, 5) is 15.2. The van der Waals surface area contributed by atoms with E-state index in [0.717, 1.165) is 34.9 Å². The predicted molar refractivity (Wildman–Crippen MR) is 74.7 cm³/mol. The molecule has 1 aromatic carbocycles. The summed E-state index contributed by atoms with van der Waals surface area (Å²) in [5.74, 6) is -0.0315. The zero-order valence-corrected chi connectivity index (χ0v) is 11.4. The van der Waals surface area contributed by atoms with Crippen LogP contribution >= 0.6 is 15.9 Å². The molecule has 0 bridgehead atoms. The number of aromatic nitrogens is 1. The molecule has 18 heavy (non-hydrogen) atoms. The van der Waals surface area contributed by atoms with Gasteiger partial charge in [-0.05, 0) is 37.2 Å². The van der Waals surface area contributed by atoms with Crippen LogP contribution in [-0.2, 0) is 0 Å². The lowest BCUT2D eigenvalue weighted by Gasteiger charge is -2.09. The fourth-order valence-electron chi connectivity index (χ4n) is 2.27. The molecular formula is C13H14BrN3O. The van der Waals surface area contributed by atoms with Gasteiger partial charge in [-0.2, -0.15) is 0 Å². The number of carbonyl (C=O) groups excluding carboxylic acids is 1. The van der Waals surface area contributed by atoms with Gasteiger partial charge in [0, 0.05) is 28.0 Å². The smallest absolute Gasteiger partial charge is 0.267 e. The molecule has 0 aliphatic carbocycles. The number of hydrogen-bond donors (Lipinski definition) is 3. The summed E-state index contributed by atoms with van der Waals surface area (Å²) in [5, 5.41) is 7.30. The van der Waals surface area contributed by atoms with Crippen LogP contribution in [0.4, 0.5) is 0 Å². The highest BCUT2D eigenvalue weighted by molar-refractivity contribution is 9.10. The van der Waals surface area contributed by atoms with E-state index in [9.17, 15) is 4.79 Å². The Balaban J connectivity index is 1.82. The van der Waals surface area contributed by atoms with Gasteiger partial charge in [-0.15, -0.1) is 0 Å². The van der Waals surface area contributed by atoms with Crippen LogP contribution in [0.5, 0.6) is 0 Å². The third kappa shape index (κ3) is 2.28. The number of H-pyrrole nitrogens is 1. The second kappa shape index (κ2) is 4.74. The molecule has 0 spiro atoms. The maximum Gasteiger partial charge on any atom is 0.267 e. The highest BCUT2D eigenvalue weighted by Gasteiger charge is 2.18. The number of rotatable bonds is 2. The molecule has 1 aliphatic heterocycles. The van der Waals surface area contributed by atoms with E-state index >= 15 is 0 Å². The van der Waals surface area contributed by atoms with Crippen LogP contribution in [0.15, 0.2) is 28.7 Å². The molecule has 94 valence electrons. The van der Waals surface area contributed by atoms with E-state index < -0.39 is 0 Å². The van der Waals surface area contributed by atoms with Crippen molar-refractivity contribution < 1.29 is 4.79 Å². The summed E-state index contributed by atoms with van der Waals surface area (Å²) in [6, 6.07) is 8.06. The number of nitrogens with one attached hydrogen (secondary N) is 3. The van der Waals surface area contributed by atoms with Crippen LogP contribution in [0.3, 0.4) is 0 Å². The Morgan fingerprint density at radius 3 is 3.06 bits per heavy atom. The maximum absolute atomic E-state index is 12.1. The second-order valence-electron chi connectivity index (χ2n) is 4.58. The fraction of sp³-hybridized carbons (Fsp3) is 0.308. The van der Waals surface area contributed by atoms with Crippen molar-refractivity contribution in [1.29, 1.82) is 0 Å². The van der Waals surface area contributed by atoms with E-state index in [1.165, 1.54) is 0 Å². The Hall–Kier alpha value is -1.33. The van der Waals surface area contributed by atoms with Gasteiger partial charge in [-0.25, -0.2) is 0 Å². The minimum atomic E-state index is -0.0315. The molecule has 4 nitrogen and oxygen atoms in total. The van der Waals surface area contributed by atoms with Crippen molar-refractivity contribution in [3.05, 3.63) is 34.4 Å². The lowest BCUT2D eigenvalue weighted by atomic mass is 10.2.